The smallest absolute Gasteiger partial charge is 0.0630 e. The molecule has 0 aromatic heterocycles. The zero-order valence-corrected chi connectivity index (χ0v) is 10.0. The first kappa shape index (κ1) is 11.4. The predicted molar refractivity (Wildman–Crippen MR) is 62.0 cm³/mol. The highest BCUT2D eigenvalue weighted by Gasteiger charge is 2.28. The van der Waals surface area contributed by atoms with E-state index in [1.807, 2.05) is 7.11 Å². The van der Waals surface area contributed by atoms with Crippen LogP contribution in [0.4, 0.5) is 0 Å². The third-order valence-electron chi connectivity index (χ3n) is 3.55. The highest BCUT2D eigenvalue weighted by atomic mass is 16.5. The fourth-order valence-corrected chi connectivity index (χ4v) is 2.38. The van der Waals surface area contributed by atoms with Gasteiger partial charge >= 0.3 is 0 Å². The first-order valence-corrected chi connectivity index (χ1v) is 6.26. The fourth-order valence-electron chi connectivity index (χ4n) is 2.38. The summed E-state index contributed by atoms with van der Waals surface area (Å²) in [6, 6.07) is 1.39. The molecule has 3 nitrogen and oxygen atoms in total. The average Bonchev–Trinajstić information content (AvgIpc) is 2.95. The molecule has 1 saturated heterocycles. The first-order valence-electron chi connectivity index (χ1n) is 6.26. The monoisotopic (exact) mass is 212 g/mol. The van der Waals surface area contributed by atoms with Gasteiger partial charge in [0.1, 0.15) is 0 Å². The van der Waals surface area contributed by atoms with E-state index < -0.39 is 0 Å². The summed E-state index contributed by atoms with van der Waals surface area (Å²) in [6.07, 6.45) is 4.09. The zero-order valence-electron chi connectivity index (χ0n) is 10.0. The van der Waals surface area contributed by atoms with E-state index in [0.717, 1.165) is 25.1 Å². The lowest BCUT2D eigenvalue weighted by Gasteiger charge is -2.27. The Morgan fingerprint density at radius 3 is 2.73 bits per heavy atom. The standard InChI is InChI=1S/C12H24N2O/c1-10-5-6-14(8-10)12(9-15-2)7-13-11-3-4-11/h10-13H,3-9H2,1-2H3. The molecule has 2 aliphatic rings. The van der Waals surface area contributed by atoms with Crippen LogP contribution in [0, 0.1) is 5.92 Å². The lowest BCUT2D eigenvalue weighted by atomic mass is 10.2. The van der Waals surface area contributed by atoms with Crippen molar-refractivity contribution in [1.82, 2.24) is 10.2 Å². The number of rotatable bonds is 6. The average molecular weight is 212 g/mol. The van der Waals surface area contributed by atoms with E-state index >= 15 is 0 Å². The number of methoxy groups -OCH3 is 1. The molecule has 88 valence electrons. The molecule has 1 aliphatic carbocycles. The largest absolute Gasteiger partial charge is 0.383 e. The van der Waals surface area contributed by atoms with Crippen LogP contribution in [-0.4, -0.2) is 50.3 Å². The van der Waals surface area contributed by atoms with E-state index in [4.69, 9.17) is 4.74 Å². The van der Waals surface area contributed by atoms with Gasteiger partial charge in [0, 0.05) is 32.3 Å². The minimum Gasteiger partial charge on any atom is -0.383 e. The van der Waals surface area contributed by atoms with Crippen LogP contribution in [0.3, 0.4) is 0 Å². The van der Waals surface area contributed by atoms with Crippen molar-refractivity contribution in [2.75, 3.05) is 33.4 Å². The number of nitrogens with one attached hydrogen (secondary N) is 1. The quantitative estimate of drug-likeness (QED) is 0.713. The number of ether oxygens (including phenoxy) is 1. The summed E-state index contributed by atoms with van der Waals surface area (Å²) >= 11 is 0. The van der Waals surface area contributed by atoms with Crippen LogP contribution >= 0.6 is 0 Å². The molecule has 0 bridgehead atoms. The molecule has 0 amide bonds. The topological polar surface area (TPSA) is 24.5 Å². The van der Waals surface area contributed by atoms with E-state index in [1.165, 1.54) is 32.4 Å². The molecule has 1 heterocycles. The highest BCUT2D eigenvalue weighted by Crippen LogP contribution is 2.21. The molecule has 0 aromatic carbocycles. The van der Waals surface area contributed by atoms with Crippen LogP contribution in [0.2, 0.25) is 0 Å². The third kappa shape index (κ3) is 3.44. The van der Waals surface area contributed by atoms with Crippen molar-refractivity contribution < 1.29 is 4.74 Å². The zero-order chi connectivity index (χ0) is 10.7. The van der Waals surface area contributed by atoms with Crippen LogP contribution in [0.25, 0.3) is 0 Å². The van der Waals surface area contributed by atoms with E-state index in [-0.39, 0.29) is 0 Å². The molecule has 3 heteroatoms. The molecule has 1 saturated carbocycles. The lowest BCUT2D eigenvalue weighted by Crippen LogP contribution is -2.44. The second-order valence-corrected chi connectivity index (χ2v) is 5.18. The molecule has 2 fully saturated rings. The van der Waals surface area contributed by atoms with Gasteiger partial charge in [-0.25, -0.2) is 0 Å². The SMILES string of the molecule is COCC(CNC1CC1)N1CCC(C)C1. The molecule has 1 N–H and O–H groups in total. The van der Waals surface area contributed by atoms with Crippen molar-refractivity contribution in [1.29, 1.82) is 0 Å². The van der Waals surface area contributed by atoms with Gasteiger partial charge in [-0.15, -0.1) is 0 Å². The molecule has 0 spiro atoms. The van der Waals surface area contributed by atoms with Crippen molar-refractivity contribution >= 4 is 0 Å². The van der Waals surface area contributed by atoms with Crippen molar-refractivity contribution in [2.45, 2.75) is 38.3 Å². The summed E-state index contributed by atoms with van der Waals surface area (Å²) in [5.74, 6) is 0.866. The van der Waals surface area contributed by atoms with Crippen LogP contribution in [0.15, 0.2) is 0 Å². The van der Waals surface area contributed by atoms with E-state index in [9.17, 15) is 0 Å². The summed E-state index contributed by atoms with van der Waals surface area (Å²) in [4.78, 5) is 2.59. The Hall–Kier alpha value is -0.120. The Bertz CT molecular complexity index is 194. The van der Waals surface area contributed by atoms with E-state index in [2.05, 4.69) is 17.1 Å². The highest BCUT2D eigenvalue weighted by molar-refractivity contribution is 4.86. The Balaban J connectivity index is 1.75. The van der Waals surface area contributed by atoms with Gasteiger partial charge in [-0.05, 0) is 31.7 Å². The number of likely N-dealkylation sites (tertiary alicyclic amines) is 1. The summed E-state index contributed by atoms with van der Waals surface area (Å²) in [6.45, 7) is 6.82. The van der Waals surface area contributed by atoms with Crippen molar-refractivity contribution in [3.63, 3.8) is 0 Å². The van der Waals surface area contributed by atoms with Crippen molar-refractivity contribution in [3.05, 3.63) is 0 Å². The summed E-state index contributed by atoms with van der Waals surface area (Å²) < 4.78 is 5.32. The Kier molecular flexibility index (Phi) is 4.00. The van der Waals surface area contributed by atoms with Crippen LogP contribution in [0.5, 0.6) is 0 Å². The summed E-state index contributed by atoms with van der Waals surface area (Å²) in [5, 5.41) is 3.61. The minimum atomic E-state index is 0.584. The molecular weight excluding hydrogens is 188 g/mol. The molecule has 0 aromatic rings. The molecule has 1 aliphatic heterocycles. The first-order chi connectivity index (χ1) is 7.29. The molecule has 0 radical (unpaired) electrons. The van der Waals surface area contributed by atoms with Crippen LogP contribution in [-0.2, 0) is 4.74 Å². The Morgan fingerprint density at radius 1 is 1.40 bits per heavy atom. The summed E-state index contributed by atoms with van der Waals surface area (Å²) in [7, 11) is 1.81. The van der Waals surface area contributed by atoms with Gasteiger partial charge in [0.25, 0.3) is 0 Å². The number of hydrogen-bond acceptors (Lipinski definition) is 3. The van der Waals surface area contributed by atoms with Gasteiger partial charge in [0.15, 0.2) is 0 Å². The van der Waals surface area contributed by atoms with Crippen LogP contribution in [0.1, 0.15) is 26.2 Å². The molecule has 2 unspecified atom stereocenters. The molecule has 2 rings (SSSR count). The van der Waals surface area contributed by atoms with Gasteiger partial charge in [-0.1, -0.05) is 6.92 Å². The Labute approximate surface area is 93.2 Å². The lowest BCUT2D eigenvalue weighted by molar-refractivity contribution is 0.102. The van der Waals surface area contributed by atoms with Gasteiger partial charge in [0.2, 0.25) is 0 Å². The maximum absolute atomic E-state index is 5.32. The second kappa shape index (κ2) is 5.28. The van der Waals surface area contributed by atoms with Crippen molar-refractivity contribution in [2.24, 2.45) is 5.92 Å². The third-order valence-corrected chi connectivity index (χ3v) is 3.55. The maximum Gasteiger partial charge on any atom is 0.0630 e. The fraction of sp³-hybridized carbons (Fsp3) is 1.00. The molecule has 15 heavy (non-hydrogen) atoms. The second-order valence-electron chi connectivity index (χ2n) is 5.18. The normalized spacial score (nSPS) is 29.6. The van der Waals surface area contributed by atoms with Gasteiger partial charge in [-0.3, -0.25) is 4.90 Å². The summed E-state index contributed by atoms with van der Waals surface area (Å²) in [5.41, 5.74) is 0. The predicted octanol–water partition coefficient (Wildman–Crippen LogP) is 1.10. The van der Waals surface area contributed by atoms with Gasteiger partial charge in [-0.2, -0.15) is 0 Å². The van der Waals surface area contributed by atoms with Crippen molar-refractivity contribution in [3.8, 4) is 0 Å². The van der Waals surface area contributed by atoms with E-state index in [1.54, 1.807) is 0 Å². The molecule has 2 atom stereocenters. The number of nitrogens with zero attached hydrogens (tertiary/aromatic N) is 1. The van der Waals surface area contributed by atoms with E-state index in [0.29, 0.717) is 6.04 Å². The number of hydrogen-bond donors (Lipinski definition) is 1. The molecular formula is C12H24N2O. The maximum atomic E-state index is 5.32. The van der Waals surface area contributed by atoms with Gasteiger partial charge in [0.05, 0.1) is 6.61 Å². The van der Waals surface area contributed by atoms with Crippen LogP contribution < -0.4 is 5.32 Å². The minimum absolute atomic E-state index is 0.584. The van der Waals surface area contributed by atoms with Gasteiger partial charge < -0.3 is 10.1 Å². The Morgan fingerprint density at radius 2 is 2.20 bits per heavy atom.